The van der Waals surface area contributed by atoms with Gasteiger partial charge in [-0.3, -0.25) is 0 Å². The predicted molar refractivity (Wildman–Crippen MR) is 43.1 cm³/mol. The first-order valence-corrected chi connectivity index (χ1v) is 3.49. The molecule has 0 aliphatic heterocycles. The normalized spacial score (nSPS) is 12.7. The standard InChI is InChI=1S/C6H11NO2S/c1-4(2)5(6(8)9)7-3-10/h3-5H,1-2H3,(H,7,10)(H,8,9)/t5-/m0/s1. The Balaban J connectivity index is 3.97. The minimum atomic E-state index is -0.865. The molecular weight excluding hydrogens is 150 g/mol. The van der Waals surface area contributed by atoms with Crippen LogP contribution in [0.3, 0.4) is 0 Å². The van der Waals surface area contributed by atoms with Crippen LogP contribution in [0.5, 0.6) is 0 Å². The lowest BCUT2D eigenvalue weighted by molar-refractivity contribution is -0.140. The van der Waals surface area contributed by atoms with Crippen LogP contribution in [0.25, 0.3) is 0 Å². The lowest BCUT2D eigenvalue weighted by Gasteiger charge is -2.14. The second-order valence-electron chi connectivity index (χ2n) is 2.34. The van der Waals surface area contributed by atoms with E-state index in [-0.39, 0.29) is 5.92 Å². The van der Waals surface area contributed by atoms with Crippen LogP contribution in [0.15, 0.2) is 0 Å². The summed E-state index contributed by atoms with van der Waals surface area (Å²) in [4.78, 5) is 10.4. The van der Waals surface area contributed by atoms with E-state index in [4.69, 9.17) is 5.11 Å². The van der Waals surface area contributed by atoms with Gasteiger partial charge in [0, 0.05) is 0 Å². The van der Waals surface area contributed by atoms with Crippen molar-refractivity contribution in [3.05, 3.63) is 0 Å². The van der Waals surface area contributed by atoms with Gasteiger partial charge in [0.1, 0.15) is 6.04 Å². The first kappa shape index (κ1) is 9.36. The van der Waals surface area contributed by atoms with Crippen molar-refractivity contribution >= 4 is 23.7 Å². The number of hydrogen-bond acceptors (Lipinski definition) is 2. The molecule has 4 heteroatoms. The van der Waals surface area contributed by atoms with Crippen molar-refractivity contribution in [3.8, 4) is 0 Å². The molecule has 0 fully saturated rings. The molecule has 0 amide bonds. The van der Waals surface area contributed by atoms with Crippen LogP contribution in [0, 0.1) is 5.92 Å². The molecule has 58 valence electrons. The molecule has 0 unspecified atom stereocenters. The molecule has 0 bridgehead atoms. The van der Waals surface area contributed by atoms with E-state index in [0.29, 0.717) is 0 Å². The van der Waals surface area contributed by atoms with Crippen molar-refractivity contribution in [1.82, 2.24) is 5.32 Å². The van der Waals surface area contributed by atoms with E-state index in [1.807, 2.05) is 13.8 Å². The third kappa shape index (κ3) is 2.77. The van der Waals surface area contributed by atoms with E-state index >= 15 is 0 Å². The summed E-state index contributed by atoms with van der Waals surface area (Å²) in [5.74, 6) is -0.812. The molecule has 0 aromatic carbocycles. The molecule has 0 aliphatic rings. The molecule has 0 spiro atoms. The number of hydrogen-bond donors (Lipinski definition) is 2. The fourth-order valence-corrected chi connectivity index (χ4v) is 0.769. The second-order valence-corrected chi connectivity index (χ2v) is 2.58. The average Bonchev–Trinajstić information content (AvgIpc) is 1.81. The van der Waals surface area contributed by atoms with E-state index in [2.05, 4.69) is 17.5 Å². The van der Waals surface area contributed by atoms with Crippen molar-refractivity contribution in [1.29, 1.82) is 0 Å². The van der Waals surface area contributed by atoms with Crippen LogP contribution in [-0.4, -0.2) is 22.6 Å². The molecule has 2 N–H and O–H groups in total. The number of carboxylic acid groups (broad SMARTS) is 1. The van der Waals surface area contributed by atoms with Gasteiger partial charge in [-0.2, -0.15) is 0 Å². The summed E-state index contributed by atoms with van der Waals surface area (Å²) in [5.41, 5.74) is 1.23. The Morgan fingerprint density at radius 2 is 2.20 bits per heavy atom. The van der Waals surface area contributed by atoms with Gasteiger partial charge in [-0.05, 0) is 5.92 Å². The number of thiocarbonyl (C=S) groups is 1. The quantitative estimate of drug-likeness (QED) is 0.594. The van der Waals surface area contributed by atoms with Gasteiger partial charge in [0.05, 0.1) is 5.49 Å². The zero-order valence-corrected chi connectivity index (χ0v) is 6.81. The summed E-state index contributed by atoms with van der Waals surface area (Å²) < 4.78 is 0. The third-order valence-electron chi connectivity index (χ3n) is 1.18. The second kappa shape index (κ2) is 4.22. The van der Waals surface area contributed by atoms with Crippen molar-refractivity contribution in [2.75, 3.05) is 0 Å². The van der Waals surface area contributed by atoms with Crippen LogP contribution in [0.2, 0.25) is 0 Å². The maximum atomic E-state index is 10.4. The summed E-state index contributed by atoms with van der Waals surface area (Å²) in [6.45, 7) is 3.65. The van der Waals surface area contributed by atoms with Gasteiger partial charge in [-0.15, -0.1) is 0 Å². The molecule has 0 heterocycles. The summed E-state index contributed by atoms with van der Waals surface area (Å²) in [6, 6.07) is -0.558. The highest BCUT2D eigenvalue weighted by Gasteiger charge is 2.18. The lowest BCUT2D eigenvalue weighted by atomic mass is 10.1. The molecular formula is C6H11NO2S. The number of carbonyl (C=O) groups is 1. The highest BCUT2D eigenvalue weighted by molar-refractivity contribution is 7.78. The fraction of sp³-hybridized carbons (Fsp3) is 0.667. The highest BCUT2D eigenvalue weighted by atomic mass is 32.1. The molecule has 0 saturated carbocycles. The minimum Gasteiger partial charge on any atom is -0.480 e. The number of aliphatic carboxylic acids is 1. The van der Waals surface area contributed by atoms with E-state index in [9.17, 15) is 4.79 Å². The van der Waals surface area contributed by atoms with E-state index in [1.54, 1.807) is 0 Å². The minimum absolute atomic E-state index is 0.0525. The molecule has 1 atom stereocenters. The van der Waals surface area contributed by atoms with Crippen LogP contribution < -0.4 is 5.32 Å². The van der Waals surface area contributed by atoms with Crippen LogP contribution >= 0.6 is 12.2 Å². The van der Waals surface area contributed by atoms with Gasteiger partial charge in [-0.1, -0.05) is 26.1 Å². The van der Waals surface area contributed by atoms with Gasteiger partial charge >= 0.3 is 5.97 Å². The monoisotopic (exact) mass is 161 g/mol. The molecule has 0 rings (SSSR count). The van der Waals surface area contributed by atoms with Gasteiger partial charge in [0.25, 0.3) is 0 Å². The van der Waals surface area contributed by atoms with E-state index in [0.717, 1.165) is 0 Å². The first-order chi connectivity index (χ1) is 4.59. The largest absolute Gasteiger partial charge is 0.480 e. The maximum Gasteiger partial charge on any atom is 0.326 e. The van der Waals surface area contributed by atoms with E-state index in [1.165, 1.54) is 5.49 Å². The van der Waals surface area contributed by atoms with Crippen LogP contribution in [0.1, 0.15) is 13.8 Å². The Bertz CT molecular complexity index is 136. The zero-order chi connectivity index (χ0) is 8.15. The molecule has 0 aromatic heterocycles. The number of carboxylic acids is 1. The van der Waals surface area contributed by atoms with E-state index < -0.39 is 12.0 Å². The molecule has 0 aliphatic carbocycles. The molecule has 3 nitrogen and oxygen atoms in total. The Labute approximate surface area is 65.4 Å². The third-order valence-corrected chi connectivity index (χ3v) is 1.32. The smallest absolute Gasteiger partial charge is 0.326 e. The molecule has 0 radical (unpaired) electrons. The van der Waals surface area contributed by atoms with Gasteiger partial charge in [-0.25, -0.2) is 4.79 Å². The number of nitrogens with one attached hydrogen (secondary N) is 1. The van der Waals surface area contributed by atoms with Crippen molar-refractivity contribution in [3.63, 3.8) is 0 Å². The Morgan fingerprint density at radius 3 is 2.30 bits per heavy atom. The summed E-state index contributed by atoms with van der Waals surface area (Å²) in [5, 5.41) is 11.1. The first-order valence-electron chi connectivity index (χ1n) is 3.02. The zero-order valence-electron chi connectivity index (χ0n) is 6.00. The summed E-state index contributed by atoms with van der Waals surface area (Å²) in [6.07, 6.45) is 0. The van der Waals surface area contributed by atoms with Gasteiger partial charge in [0.15, 0.2) is 0 Å². The fourth-order valence-electron chi connectivity index (χ4n) is 0.622. The molecule has 0 aromatic rings. The topological polar surface area (TPSA) is 49.3 Å². The van der Waals surface area contributed by atoms with Gasteiger partial charge in [0.2, 0.25) is 0 Å². The highest BCUT2D eigenvalue weighted by Crippen LogP contribution is 1.99. The Kier molecular flexibility index (Phi) is 3.95. The summed E-state index contributed by atoms with van der Waals surface area (Å²) >= 11 is 4.47. The van der Waals surface area contributed by atoms with Gasteiger partial charge < -0.3 is 10.4 Å². The SMILES string of the molecule is CC(C)[C@H](NC=S)C(=O)O. The number of rotatable bonds is 4. The Hall–Kier alpha value is -0.640. The average molecular weight is 161 g/mol. The molecule has 10 heavy (non-hydrogen) atoms. The Morgan fingerprint density at radius 1 is 1.70 bits per heavy atom. The predicted octanol–water partition coefficient (Wildman–Crippen LogP) is 0.642. The lowest BCUT2D eigenvalue weighted by Crippen LogP contribution is -2.39. The van der Waals surface area contributed by atoms with Crippen molar-refractivity contribution in [2.45, 2.75) is 19.9 Å². The maximum absolute atomic E-state index is 10.4. The summed E-state index contributed by atoms with van der Waals surface area (Å²) in [7, 11) is 0. The molecule has 0 saturated heterocycles. The van der Waals surface area contributed by atoms with Crippen LogP contribution in [0.4, 0.5) is 0 Å². The van der Waals surface area contributed by atoms with Crippen molar-refractivity contribution < 1.29 is 9.90 Å². The van der Waals surface area contributed by atoms with Crippen molar-refractivity contribution in [2.24, 2.45) is 5.92 Å². The van der Waals surface area contributed by atoms with Crippen LogP contribution in [-0.2, 0) is 4.79 Å².